The summed E-state index contributed by atoms with van der Waals surface area (Å²) in [6, 6.07) is 7.07. The maximum Gasteiger partial charge on any atom is 0.233 e. The molecule has 0 radical (unpaired) electrons. The van der Waals surface area contributed by atoms with E-state index in [0.717, 1.165) is 5.56 Å². The molecule has 0 aromatic carbocycles. The van der Waals surface area contributed by atoms with Gasteiger partial charge in [-0.05, 0) is 30.7 Å². The molecule has 2 aromatic heterocycles. The molecule has 0 aliphatic rings. The summed E-state index contributed by atoms with van der Waals surface area (Å²) in [6.07, 6.45) is 3.16. The number of hydrogen-bond acceptors (Lipinski definition) is 4. The highest BCUT2D eigenvalue weighted by Crippen LogP contribution is 2.18. The average molecular weight is 228 g/mol. The summed E-state index contributed by atoms with van der Waals surface area (Å²) in [7, 11) is 1.51. The minimum absolute atomic E-state index is 0.222. The summed E-state index contributed by atoms with van der Waals surface area (Å²) in [5.74, 6) is 0.239. The van der Waals surface area contributed by atoms with E-state index in [2.05, 4.69) is 9.97 Å². The van der Waals surface area contributed by atoms with Crippen molar-refractivity contribution in [3.8, 4) is 5.75 Å². The summed E-state index contributed by atoms with van der Waals surface area (Å²) in [5, 5.41) is 0. The molecule has 0 N–H and O–H groups in total. The fraction of sp³-hybridized carbons (Fsp3) is 0.154. The van der Waals surface area contributed by atoms with Crippen LogP contribution in [0.3, 0.4) is 0 Å². The second-order valence-electron chi connectivity index (χ2n) is 3.55. The molecule has 4 nitrogen and oxygen atoms in total. The number of nitrogens with zero attached hydrogens (tertiary/aromatic N) is 2. The topological polar surface area (TPSA) is 52.1 Å². The second kappa shape index (κ2) is 4.74. The number of rotatable bonds is 3. The highest BCUT2D eigenvalue weighted by molar-refractivity contribution is 6.08. The molecule has 0 atom stereocenters. The van der Waals surface area contributed by atoms with Crippen LogP contribution in [-0.2, 0) is 0 Å². The van der Waals surface area contributed by atoms with Crippen LogP contribution in [0, 0.1) is 6.92 Å². The molecule has 0 aliphatic carbocycles. The third-order valence-corrected chi connectivity index (χ3v) is 2.43. The summed E-state index contributed by atoms with van der Waals surface area (Å²) in [6.45, 7) is 1.84. The van der Waals surface area contributed by atoms with E-state index < -0.39 is 0 Å². The maximum atomic E-state index is 12.2. The Labute approximate surface area is 99.3 Å². The van der Waals surface area contributed by atoms with Gasteiger partial charge in [0.1, 0.15) is 11.4 Å². The van der Waals surface area contributed by atoms with Gasteiger partial charge in [-0.2, -0.15) is 0 Å². The Hall–Kier alpha value is -2.23. The van der Waals surface area contributed by atoms with Gasteiger partial charge in [-0.15, -0.1) is 0 Å². The molecule has 4 heteroatoms. The Morgan fingerprint density at radius 2 is 1.76 bits per heavy atom. The van der Waals surface area contributed by atoms with Gasteiger partial charge < -0.3 is 4.74 Å². The number of pyridine rings is 2. The van der Waals surface area contributed by atoms with Gasteiger partial charge in [0.05, 0.1) is 7.11 Å². The van der Waals surface area contributed by atoms with Crippen LogP contribution < -0.4 is 4.74 Å². The van der Waals surface area contributed by atoms with Crippen LogP contribution >= 0.6 is 0 Å². The number of carbonyl (C=O) groups is 1. The molecule has 86 valence electrons. The lowest BCUT2D eigenvalue weighted by molar-refractivity contribution is 0.102. The van der Waals surface area contributed by atoms with Gasteiger partial charge in [-0.3, -0.25) is 9.78 Å². The first-order valence-electron chi connectivity index (χ1n) is 5.19. The van der Waals surface area contributed by atoms with Crippen molar-refractivity contribution in [3.05, 3.63) is 53.6 Å². The lowest BCUT2D eigenvalue weighted by Crippen LogP contribution is -2.09. The largest absolute Gasteiger partial charge is 0.494 e. The molecule has 0 aliphatic heterocycles. The van der Waals surface area contributed by atoms with E-state index in [4.69, 9.17) is 4.74 Å². The molecule has 0 unspecified atom stereocenters. The van der Waals surface area contributed by atoms with Crippen LogP contribution in [-0.4, -0.2) is 22.9 Å². The van der Waals surface area contributed by atoms with Crippen molar-refractivity contribution in [3.63, 3.8) is 0 Å². The zero-order valence-corrected chi connectivity index (χ0v) is 9.68. The normalized spacial score (nSPS) is 10.0. The standard InChI is InChI=1S/C13H12N2O2/c1-9-5-3-7-14-11(9)13(16)12-10(17-2)6-4-8-15-12/h3-8H,1-2H3. The van der Waals surface area contributed by atoms with Crippen molar-refractivity contribution in [2.75, 3.05) is 7.11 Å². The minimum Gasteiger partial charge on any atom is -0.494 e. The molecule has 0 bridgehead atoms. The molecule has 0 saturated heterocycles. The van der Waals surface area contributed by atoms with Crippen molar-refractivity contribution in [1.29, 1.82) is 0 Å². The number of carbonyl (C=O) groups excluding carboxylic acids is 1. The SMILES string of the molecule is COc1cccnc1C(=O)c1ncccc1C. The summed E-state index contributed by atoms with van der Waals surface area (Å²) in [4.78, 5) is 20.4. The van der Waals surface area contributed by atoms with Crippen LogP contribution in [0.4, 0.5) is 0 Å². The second-order valence-corrected chi connectivity index (χ2v) is 3.55. The van der Waals surface area contributed by atoms with Gasteiger partial charge in [0, 0.05) is 12.4 Å². The van der Waals surface area contributed by atoms with Crippen molar-refractivity contribution < 1.29 is 9.53 Å². The van der Waals surface area contributed by atoms with Gasteiger partial charge in [0.15, 0.2) is 5.69 Å². The molecule has 0 saturated carbocycles. The number of aryl methyl sites for hydroxylation is 1. The van der Waals surface area contributed by atoms with Gasteiger partial charge in [-0.25, -0.2) is 4.98 Å². The number of ether oxygens (including phenoxy) is 1. The average Bonchev–Trinajstić information content (AvgIpc) is 2.38. The fourth-order valence-electron chi connectivity index (χ4n) is 1.56. The Balaban J connectivity index is 2.48. The predicted octanol–water partition coefficient (Wildman–Crippen LogP) is 2.02. The molecule has 2 heterocycles. The lowest BCUT2D eigenvalue weighted by atomic mass is 10.1. The van der Waals surface area contributed by atoms with E-state index in [1.807, 2.05) is 13.0 Å². The Morgan fingerprint density at radius 1 is 1.12 bits per heavy atom. The van der Waals surface area contributed by atoms with E-state index in [1.165, 1.54) is 7.11 Å². The maximum absolute atomic E-state index is 12.2. The lowest BCUT2D eigenvalue weighted by Gasteiger charge is -2.06. The first-order chi connectivity index (χ1) is 8.24. The molecular weight excluding hydrogens is 216 g/mol. The summed E-state index contributed by atoms with van der Waals surface area (Å²) < 4.78 is 5.12. The molecular formula is C13H12N2O2. The smallest absolute Gasteiger partial charge is 0.233 e. The van der Waals surface area contributed by atoms with Gasteiger partial charge in [0.2, 0.25) is 5.78 Å². The quantitative estimate of drug-likeness (QED) is 0.754. The molecule has 2 aromatic rings. The molecule has 0 amide bonds. The zero-order chi connectivity index (χ0) is 12.3. The van der Waals surface area contributed by atoms with Crippen LogP contribution in [0.2, 0.25) is 0 Å². The van der Waals surface area contributed by atoms with Crippen molar-refractivity contribution >= 4 is 5.78 Å². The first-order valence-corrected chi connectivity index (χ1v) is 5.19. The van der Waals surface area contributed by atoms with E-state index >= 15 is 0 Å². The Morgan fingerprint density at radius 3 is 2.41 bits per heavy atom. The van der Waals surface area contributed by atoms with Crippen LogP contribution in [0.5, 0.6) is 5.75 Å². The van der Waals surface area contributed by atoms with Crippen LogP contribution in [0.15, 0.2) is 36.7 Å². The van der Waals surface area contributed by atoms with Gasteiger partial charge in [-0.1, -0.05) is 6.07 Å². The highest BCUT2D eigenvalue weighted by atomic mass is 16.5. The summed E-state index contributed by atoms with van der Waals surface area (Å²) >= 11 is 0. The van der Waals surface area contributed by atoms with Crippen LogP contribution in [0.25, 0.3) is 0 Å². The minimum atomic E-state index is -0.222. The van der Waals surface area contributed by atoms with E-state index in [-0.39, 0.29) is 11.5 Å². The van der Waals surface area contributed by atoms with Crippen molar-refractivity contribution in [2.45, 2.75) is 6.92 Å². The molecule has 17 heavy (non-hydrogen) atoms. The van der Waals surface area contributed by atoms with Crippen molar-refractivity contribution in [1.82, 2.24) is 9.97 Å². The fourth-order valence-corrected chi connectivity index (χ4v) is 1.56. The third-order valence-electron chi connectivity index (χ3n) is 2.43. The third kappa shape index (κ3) is 2.15. The number of aromatic nitrogens is 2. The van der Waals surface area contributed by atoms with Crippen LogP contribution in [0.1, 0.15) is 21.7 Å². The van der Waals surface area contributed by atoms with Gasteiger partial charge >= 0.3 is 0 Å². The molecule has 2 rings (SSSR count). The van der Waals surface area contributed by atoms with Gasteiger partial charge in [0.25, 0.3) is 0 Å². The van der Waals surface area contributed by atoms with Crippen molar-refractivity contribution in [2.24, 2.45) is 0 Å². The summed E-state index contributed by atoms with van der Waals surface area (Å²) in [5.41, 5.74) is 1.52. The number of ketones is 1. The Kier molecular flexibility index (Phi) is 3.14. The Bertz CT molecular complexity index is 553. The van der Waals surface area contributed by atoms with E-state index in [1.54, 1.807) is 30.6 Å². The first kappa shape index (κ1) is 11.3. The van der Waals surface area contributed by atoms with E-state index in [0.29, 0.717) is 11.4 Å². The zero-order valence-electron chi connectivity index (χ0n) is 9.68. The predicted molar refractivity (Wildman–Crippen MR) is 63.2 cm³/mol. The monoisotopic (exact) mass is 228 g/mol. The number of methoxy groups -OCH3 is 1. The van der Waals surface area contributed by atoms with E-state index in [9.17, 15) is 4.79 Å². The molecule has 0 fully saturated rings. The highest BCUT2D eigenvalue weighted by Gasteiger charge is 2.18. The number of hydrogen-bond donors (Lipinski definition) is 0. The molecule has 0 spiro atoms.